The van der Waals surface area contributed by atoms with Crippen molar-refractivity contribution in [2.45, 2.75) is 50.9 Å². The van der Waals surface area contributed by atoms with Gasteiger partial charge >= 0.3 is 6.09 Å². The van der Waals surface area contributed by atoms with E-state index in [0.29, 0.717) is 30.1 Å². The number of hydrogen-bond acceptors (Lipinski definition) is 6. The van der Waals surface area contributed by atoms with Crippen molar-refractivity contribution in [2.24, 2.45) is 0 Å². The van der Waals surface area contributed by atoms with Crippen LogP contribution in [0.2, 0.25) is 5.28 Å². The van der Waals surface area contributed by atoms with E-state index in [-0.39, 0.29) is 39.5 Å². The summed E-state index contributed by atoms with van der Waals surface area (Å²) in [7, 11) is 0. The van der Waals surface area contributed by atoms with E-state index < -0.39 is 11.4 Å². The Hall–Kier alpha value is -1.87. The van der Waals surface area contributed by atoms with Gasteiger partial charge in [0.2, 0.25) is 5.28 Å². The van der Waals surface area contributed by atoms with E-state index in [1.165, 1.54) is 0 Å². The number of amides is 1. The molecule has 2 fully saturated rings. The molecule has 7 nitrogen and oxygen atoms in total. The monoisotopic (exact) mass is 484 g/mol. The molecule has 5 rings (SSSR count). The van der Waals surface area contributed by atoms with Crippen LogP contribution in [0.25, 0.3) is 10.9 Å². The third kappa shape index (κ3) is 2.92. The van der Waals surface area contributed by atoms with Gasteiger partial charge in [0.15, 0.2) is 5.82 Å². The molecule has 0 spiro atoms. The summed E-state index contributed by atoms with van der Waals surface area (Å²) in [4.78, 5) is 25.1. The van der Waals surface area contributed by atoms with Crippen molar-refractivity contribution in [2.75, 3.05) is 18.1 Å². The highest BCUT2D eigenvalue weighted by Crippen LogP contribution is 2.47. The molecule has 3 aliphatic heterocycles. The van der Waals surface area contributed by atoms with Crippen molar-refractivity contribution in [3.63, 3.8) is 0 Å². The molecule has 2 bridgehead atoms. The summed E-state index contributed by atoms with van der Waals surface area (Å²) in [6.45, 7) is 6.39. The number of piperazine rings is 1. The SMILES string of the molecule is CC(C)(C)OC(=O)N1C[C@@H]2C[C@H]1[C@@H]1COc3cc(Br)c(F)c4nc(Cl)nc(c34)N21. The smallest absolute Gasteiger partial charge is 0.410 e. The van der Waals surface area contributed by atoms with Gasteiger partial charge in [-0.2, -0.15) is 4.98 Å². The van der Waals surface area contributed by atoms with Crippen molar-refractivity contribution < 1.29 is 18.7 Å². The van der Waals surface area contributed by atoms with Crippen LogP contribution in [-0.4, -0.2) is 57.8 Å². The summed E-state index contributed by atoms with van der Waals surface area (Å²) in [5, 5.41) is 0.483. The van der Waals surface area contributed by atoms with Crippen molar-refractivity contribution in [1.29, 1.82) is 0 Å². The second-order valence-electron chi connectivity index (χ2n) is 8.59. The molecule has 0 unspecified atom stereocenters. The lowest BCUT2D eigenvalue weighted by Gasteiger charge is -2.40. The molecule has 154 valence electrons. The fraction of sp³-hybridized carbons (Fsp3) is 0.526. The fourth-order valence-corrected chi connectivity index (χ4v) is 5.13. The first-order valence-electron chi connectivity index (χ1n) is 9.40. The third-order valence-electron chi connectivity index (χ3n) is 5.58. The number of anilines is 1. The van der Waals surface area contributed by atoms with Crippen LogP contribution < -0.4 is 9.64 Å². The molecule has 1 aromatic heterocycles. The lowest BCUT2D eigenvalue weighted by Crippen LogP contribution is -2.57. The molecule has 29 heavy (non-hydrogen) atoms. The molecule has 2 saturated heterocycles. The van der Waals surface area contributed by atoms with Gasteiger partial charge in [0.1, 0.15) is 29.3 Å². The molecule has 0 radical (unpaired) electrons. The number of nitrogens with zero attached hydrogens (tertiary/aromatic N) is 4. The summed E-state index contributed by atoms with van der Waals surface area (Å²) in [6, 6.07) is 1.40. The maximum atomic E-state index is 14.7. The molecule has 0 aliphatic carbocycles. The lowest BCUT2D eigenvalue weighted by atomic mass is 10.1. The highest BCUT2D eigenvalue weighted by molar-refractivity contribution is 9.10. The van der Waals surface area contributed by atoms with E-state index in [1.807, 2.05) is 20.8 Å². The minimum absolute atomic E-state index is 0.0212. The number of fused-ring (bicyclic) bond motifs is 6. The molecule has 0 N–H and O–H groups in total. The second kappa shape index (κ2) is 6.31. The normalized spacial score (nSPS) is 25.1. The summed E-state index contributed by atoms with van der Waals surface area (Å²) in [5.41, 5.74) is -0.443. The van der Waals surface area contributed by atoms with Gasteiger partial charge in [0, 0.05) is 6.54 Å². The first-order chi connectivity index (χ1) is 13.6. The topological polar surface area (TPSA) is 67.8 Å². The molecule has 1 amide bonds. The maximum Gasteiger partial charge on any atom is 0.410 e. The number of hydrogen-bond donors (Lipinski definition) is 0. The highest BCUT2D eigenvalue weighted by atomic mass is 79.9. The molecule has 1 aromatic carbocycles. The minimum atomic E-state index is -0.565. The quantitative estimate of drug-likeness (QED) is 0.523. The fourth-order valence-electron chi connectivity index (χ4n) is 4.56. The van der Waals surface area contributed by atoms with Gasteiger partial charge in [-0.15, -0.1) is 0 Å². The number of likely N-dealkylation sites (tertiary alicyclic amines) is 1. The molecule has 2 aromatic rings. The van der Waals surface area contributed by atoms with Crippen LogP contribution in [0.15, 0.2) is 10.5 Å². The number of benzene rings is 1. The molecular formula is C19H19BrClFN4O3. The predicted molar refractivity (Wildman–Crippen MR) is 109 cm³/mol. The Morgan fingerprint density at radius 3 is 2.86 bits per heavy atom. The lowest BCUT2D eigenvalue weighted by molar-refractivity contribution is 0.0168. The van der Waals surface area contributed by atoms with E-state index in [0.717, 1.165) is 6.42 Å². The Labute approximate surface area is 180 Å². The molecule has 4 heterocycles. The second-order valence-corrected chi connectivity index (χ2v) is 9.78. The summed E-state index contributed by atoms with van der Waals surface area (Å²) >= 11 is 9.36. The van der Waals surface area contributed by atoms with E-state index in [1.54, 1.807) is 11.0 Å². The molecular weight excluding hydrogens is 467 g/mol. The number of carbonyl (C=O) groups is 1. The van der Waals surface area contributed by atoms with Crippen LogP contribution in [-0.2, 0) is 4.74 Å². The van der Waals surface area contributed by atoms with E-state index >= 15 is 0 Å². The van der Waals surface area contributed by atoms with Crippen molar-refractivity contribution in [3.8, 4) is 5.75 Å². The van der Waals surface area contributed by atoms with Crippen molar-refractivity contribution in [3.05, 3.63) is 21.6 Å². The zero-order valence-corrected chi connectivity index (χ0v) is 18.4. The zero-order valence-electron chi connectivity index (χ0n) is 16.1. The van der Waals surface area contributed by atoms with Gasteiger partial charge in [-0.1, -0.05) is 0 Å². The Morgan fingerprint density at radius 1 is 1.38 bits per heavy atom. The molecule has 10 heteroatoms. The maximum absolute atomic E-state index is 14.7. The standard InChI is InChI=1S/C19H19BrClFN4O3/c1-19(2,3)29-18(27)25-6-8-4-10(25)11-7-28-12-5-9(20)14(22)15-13(12)16(26(8)11)24-17(21)23-15/h5,8,10-11H,4,6-7H2,1-3H3/t8-,10-,11-/m0/s1. The van der Waals surface area contributed by atoms with Crippen LogP contribution >= 0.6 is 27.5 Å². The van der Waals surface area contributed by atoms with Gasteiger partial charge in [0.05, 0.1) is 28.0 Å². The Balaban J connectivity index is 1.57. The Bertz CT molecular complexity index is 1050. The summed E-state index contributed by atoms with van der Waals surface area (Å²) < 4.78 is 26.6. The zero-order chi connectivity index (χ0) is 20.7. The first-order valence-corrected chi connectivity index (χ1v) is 10.6. The first kappa shape index (κ1) is 19.1. The number of carbonyl (C=O) groups excluding carboxylic acids is 1. The summed E-state index contributed by atoms with van der Waals surface area (Å²) in [5.74, 6) is 0.550. The number of aromatic nitrogens is 2. The van der Waals surface area contributed by atoms with Gasteiger partial charge in [0.25, 0.3) is 0 Å². The van der Waals surface area contributed by atoms with Gasteiger partial charge in [-0.3, -0.25) is 0 Å². The van der Waals surface area contributed by atoms with Crippen LogP contribution in [0.3, 0.4) is 0 Å². The minimum Gasteiger partial charge on any atom is -0.490 e. The van der Waals surface area contributed by atoms with E-state index in [2.05, 4.69) is 30.8 Å². The number of halogens is 3. The Kier molecular flexibility index (Phi) is 4.16. The Morgan fingerprint density at radius 2 is 2.14 bits per heavy atom. The van der Waals surface area contributed by atoms with Crippen molar-refractivity contribution >= 4 is 50.3 Å². The predicted octanol–water partition coefficient (Wildman–Crippen LogP) is 4.14. The molecule has 0 saturated carbocycles. The van der Waals surface area contributed by atoms with Crippen LogP contribution in [0.1, 0.15) is 27.2 Å². The van der Waals surface area contributed by atoms with Gasteiger partial charge in [-0.05, 0) is 60.8 Å². The molecule has 3 aliphatic rings. The largest absolute Gasteiger partial charge is 0.490 e. The van der Waals surface area contributed by atoms with Crippen molar-refractivity contribution in [1.82, 2.24) is 14.9 Å². The third-order valence-corrected chi connectivity index (χ3v) is 6.33. The number of ether oxygens (including phenoxy) is 2. The van der Waals surface area contributed by atoms with Gasteiger partial charge in [-0.25, -0.2) is 14.2 Å². The van der Waals surface area contributed by atoms with Crippen LogP contribution in [0.4, 0.5) is 15.0 Å². The number of rotatable bonds is 0. The van der Waals surface area contributed by atoms with Crippen LogP contribution in [0, 0.1) is 5.82 Å². The van der Waals surface area contributed by atoms with E-state index in [4.69, 9.17) is 21.1 Å². The van der Waals surface area contributed by atoms with Crippen LogP contribution in [0.5, 0.6) is 5.75 Å². The average molecular weight is 486 g/mol. The van der Waals surface area contributed by atoms with Gasteiger partial charge < -0.3 is 19.3 Å². The molecule has 3 atom stereocenters. The highest BCUT2D eigenvalue weighted by Gasteiger charge is 2.55. The average Bonchev–Trinajstić information content (AvgIpc) is 3.15. The summed E-state index contributed by atoms with van der Waals surface area (Å²) in [6.07, 6.45) is 0.441. The van der Waals surface area contributed by atoms with E-state index in [9.17, 15) is 9.18 Å².